The van der Waals surface area contributed by atoms with Gasteiger partial charge >= 0.3 is 6.09 Å². The van der Waals surface area contributed by atoms with Gasteiger partial charge in [0.15, 0.2) is 5.96 Å². The number of hydrogen-bond acceptors (Lipinski definition) is 7. The van der Waals surface area contributed by atoms with Crippen LogP contribution in [0.25, 0.3) is 10.8 Å². The molecule has 0 heterocycles. The number of guanidine groups is 1. The number of fused-ring (bicyclic) bond motifs is 1. The van der Waals surface area contributed by atoms with E-state index >= 15 is 0 Å². The molecule has 3 aromatic carbocycles. The van der Waals surface area contributed by atoms with Gasteiger partial charge in [-0.3, -0.25) is 19.4 Å². The molecule has 0 aliphatic rings. The molecule has 13 heteroatoms. The predicted molar refractivity (Wildman–Crippen MR) is 191 cm³/mol. The summed E-state index contributed by atoms with van der Waals surface area (Å²) in [6.45, 7) is 7.67. The van der Waals surface area contributed by atoms with Crippen molar-refractivity contribution in [2.24, 2.45) is 28.3 Å². The molecule has 0 aromatic heterocycles. The van der Waals surface area contributed by atoms with Gasteiger partial charge in [-0.05, 0) is 48.1 Å². The topological polar surface area (TPSA) is 199 Å². The number of nitrogens with zero attached hydrogens (tertiary/aromatic N) is 1. The minimum Gasteiger partial charge on any atom is -0.496 e. The number of nitrogens with one attached hydrogen (secondary N) is 4. The van der Waals surface area contributed by atoms with Gasteiger partial charge in [0.1, 0.15) is 30.5 Å². The Bertz CT molecular complexity index is 1590. The average molecular weight is 676 g/mol. The first-order valence-corrected chi connectivity index (χ1v) is 16.4. The second kappa shape index (κ2) is 18.9. The smallest absolute Gasteiger partial charge is 0.408 e. The summed E-state index contributed by atoms with van der Waals surface area (Å²) in [5.74, 6) is -1.37. The highest BCUT2D eigenvalue weighted by Gasteiger charge is 2.31. The third-order valence-corrected chi connectivity index (χ3v) is 7.66. The van der Waals surface area contributed by atoms with Crippen LogP contribution in [0, 0.1) is 11.8 Å². The number of ether oxygens (including phenoxy) is 2. The maximum absolute atomic E-state index is 13.8. The van der Waals surface area contributed by atoms with Crippen LogP contribution in [0.3, 0.4) is 0 Å². The second-order valence-electron chi connectivity index (χ2n) is 12.5. The molecule has 4 amide bonds. The first kappa shape index (κ1) is 38.1. The zero-order valence-electron chi connectivity index (χ0n) is 28.8. The molecule has 3 unspecified atom stereocenters. The van der Waals surface area contributed by atoms with Gasteiger partial charge in [-0.1, -0.05) is 82.3 Å². The van der Waals surface area contributed by atoms with Crippen molar-refractivity contribution in [3.63, 3.8) is 0 Å². The van der Waals surface area contributed by atoms with E-state index in [9.17, 15) is 19.2 Å². The van der Waals surface area contributed by atoms with Gasteiger partial charge in [-0.2, -0.15) is 0 Å². The summed E-state index contributed by atoms with van der Waals surface area (Å²) >= 11 is 0. The van der Waals surface area contributed by atoms with E-state index in [2.05, 4.69) is 26.3 Å². The van der Waals surface area contributed by atoms with Crippen molar-refractivity contribution >= 4 is 46.2 Å². The zero-order chi connectivity index (χ0) is 35.9. The third-order valence-electron chi connectivity index (χ3n) is 7.66. The van der Waals surface area contributed by atoms with Crippen LogP contribution >= 0.6 is 0 Å². The second-order valence-corrected chi connectivity index (χ2v) is 12.5. The number of carbonyl (C=O) groups excluding carboxylic acids is 4. The van der Waals surface area contributed by atoms with Gasteiger partial charge in [-0.15, -0.1) is 0 Å². The van der Waals surface area contributed by atoms with E-state index in [1.165, 1.54) is 0 Å². The van der Waals surface area contributed by atoms with Gasteiger partial charge < -0.3 is 42.2 Å². The normalized spacial score (nSPS) is 12.8. The van der Waals surface area contributed by atoms with Gasteiger partial charge in [0.25, 0.3) is 0 Å². The molecule has 13 nitrogen and oxygen atoms in total. The first-order valence-electron chi connectivity index (χ1n) is 16.4. The molecule has 49 heavy (non-hydrogen) atoms. The minimum atomic E-state index is -0.996. The van der Waals surface area contributed by atoms with E-state index in [1.54, 1.807) is 27.0 Å². The van der Waals surface area contributed by atoms with Crippen LogP contribution in [0.15, 0.2) is 71.7 Å². The van der Waals surface area contributed by atoms with Crippen LogP contribution in [-0.4, -0.2) is 61.6 Å². The predicted octanol–water partition coefficient (Wildman–Crippen LogP) is 3.81. The van der Waals surface area contributed by atoms with Gasteiger partial charge in [-0.25, -0.2) is 4.79 Å². The fourth-order valence-electron chi connectivity index (χ4n) is 5.18. The van der Waals surface area contributed by atoms with E-state index in [0.717, 1.165) is 16.3 Å². The molecule has 3 aromatic rings. The van der Waals surface area contributed by atoms with E-state index < -0.39 is 41.9 Å². The van der Waals surface area contributed by atoms with Crippen LogP contribution in [0.2, 0.25) is 0 Å². The maximum atomic E-state index is 13.8. The Balaban J connectivity index is 1.76. The van der Waals surface area contributed by atoms with Gasteiger partial charge in [0.05, 0.1) is 7.11 Å². The average Bonchev–Trinajstić information content (AvgIpc) is 3.06. The number of alkyl carbamates (subject to hydrolysis) is 1. The Morgan fingerprint density at radius 2 is 1.49 bits per heavy atom. The van der Waals surface area contributed by atoms with Gasteiger partial charge in [0, 0.05) is 23.7 Å². The van der Waals surface area contributed by atoms with Crippen LogP contribution in [0.1, 0.15) is 52.5 Å². The van der Waals surface area contributed by atoms with E-state index in [1.807, 2.05) is 74.5 Å². The number of amides is 4. The molecule has 0 radical (unpaired) electrons. The lowest BCUT2D eigenvalue weighted by Crippen LogP contribution is -2.57. The van der Waals surface area contributed by atoms with Crippen molar-refractivity contribution in [2.45, 2.75) is 71.7 Å². The summed E-state index contributed by atoms with van der Waals surface area (Å²) in [5.41, 5.74) is 12.2. The van der Waals surface area contributed by atoms with Crippen molar-refractivity contribution in [1.29, 1.82) is 0 Å². The SMILES string of the molecule is COc1cc(NC(=O)C(CCCN=C(N)N)NC(=O)C(CC(C)C)NC(=O)C(NC(=O)OCc2ccccc2)C(C)C)cc2ccccc12. The number of aliphatic imine (C=N–C) groups is 1. The molecule has 0 saturated carbocycles. The standard InChI is InChI=1S/C36H49N7O6/c1-22(2)18-29(42-34(46)31(23(3)4)43-36(47)49-21-24-12-7-6-8-13-24)33(45)41-28(16-11-17-39-35(37)38)32(44)40-26-19-25-14-9-10-15-27(25)30(20-26)48-5/h6-10,12-15,19-20,22-23,28-29,31H,11,16-18,21H2,1-5H3,(H,40,44)(H,41,45)(H,42,46)(H,43,47)(H4,37,38,39). The number of carbonyl (C=O) groups is 4. The summed E-state index contributed by atoms with van der Waals surface area (Å²) in [4.78, 5) is 57.5. The molecule has 0 saturated heterocycles. The van der Waals surface area contributed by atoms with Crippen LogP contribution < -0.4 is 37.5 Å². The van der Waals surface area contributed by atoms with E-state index in [0.29, 0.717) is 17.9 Å². The van der Waals surface area contributed by atoms with Crippen molar-refractivity contribution in [3.05, 3.63) is 72.3 Å². The Morgan fingerprint density at radius 3 is 2.14 bits per heavy atom. The lowest BCUT2D eigenvalue weighted by atomic mass is 9.99. The molecule has 0 spiro atoms. The van der Waals surface area contributed by atoms with Crippen molar-refractivity contribution < 1.29 is 28.7 Å². The number of methoxy groups -OCH3 is 1. The molecule has 3 rings (SSSR count). The molecule has 0 aliphatic carbocycles. The summed E-state index contributed by atoms with van der Waals surface area (Å²) in [6.07, 6.45) is 0.129. The molecule has 0 fully saturated rings. The van der Waals surface area contributed by atoms with Crippen molar-refractivity contribution in [1.82, 2.24) is 16.0 Å². The first-order chi connectivity index (χ1) is 23.4. The molecule has 0 bridgehead atoms. The minimum absolute atomic E-state index is 0.0107. The third kappa shape index (κ3) is 12.3. The van der Waals surface area contributed by atoms with E-state index in [4.69, 9.17) is 20.9 Å². The van der Waals surface area contributed by atoms with Crippen LogP contribution in [-0.2, 0) is 25.7 Å². The molecule has 264 valence electrons. The highest BCUT2D eigenvalue weighted by Crippen LogP contribution is 2.30. The van der Waals surface area contributed by atoms with Crippen molar-refractivity contribution in [3.8, 4) is 5.75 Å². The monoisotopic (exact) mass is 675 g/mol. The lowest BCUT2D eigenvalue weighted by molar-refractivity contribution is -0.132. The van der Waals surface area contributed by atoms with Gasteiger partial charge in [0.2, 0.25) is 17.7 Å². The Kier molecular flexibility index (Phi) is 14.7. The highest BCUT2D eigenvalue weighted by atomic mass is 16.5. The Morgan fingerprint density at radius 1 is 0.816 bits per heavy atom. The number of benzene rings is 3. The maximum Gasteiger partial charge on any atom is 0.408 e. The van der Waals surface area contributed by atoms with Crippen LogP contribution in [0.5, 0.6) is 5.75 Å². The highest BCUT2D eigenvalue weighted by molar-refractivity contribution is 6.01. The fourth-order valence-corrected chi connectivity index (χ4v) is 5.18. The van der Waals surface area contributed by atoms with Crippen molar-refractivity contribution in [2.75, 3.05) is 19.0 Å². The van der Waals surface area contributed by atoms with E-state index in [-0.39, 0.29) is 43.8 Å². The number of nitrogens with two attached hydrogens (primary N) is 2. The summed E-state index contributed by atoms with van der Waals surface area (Å²) < 4.78 is 10.9. The molecule has 8 N–H and O–H groups in total. The summed E-state index contributed by atoms with van der Waals surface area (Å²) in [6, 6.07) is 17.3. The Labute approximate surface area is 287 Å². The largest absolute Gasteiger partial charge is 0.496 e. The van der Waals surface area contributed by atoms with Crippen LogP contribution in [0.4, 0.5) is 10.5 Å². The molecular weight excluding hydrogens is 626 g/mol. The number of rotatable bonds is 17. The summed E-state index contributed by atoms with van der Waals surface area (Å²) in [5, 5.41) is 12.9. The summed E-state index contributed by atoms with van der Waals surface area (Å²) in [7, 11) is 1.55. The number of anilines is 1. The number of hydrogen-bond donors (Lipinski definition) is 6. The lowest BCUT2D eigenvalue weighted by Gasteiger charge is -2.27. The zero-order valence-corrected chi connectivity index (χ0v) is 28.8. The fraction of sp³-hybridized carbons (Fsp3) is 0.417. The molecule has 3 atom stereocenters. The Hall–Kier alpha value is -5.33. The molecule has 0 aliphatic heterocycles. The quantitative estimate of drug-likeness (QED) is 0.0705. The molecular formula is C36H49N7O6.